The lowest BCUT2D eigenvalue weighted by Gasteiger charge is -2.12. The Bertz CT molecular complexity index is 7200. The molecule has 0 bridgehead atoms. The second-order valence-corrected chi connectivity index (χ2v) is 28.2. The first-order chi connectivity index (χ1) is 55.5. The molecule has 0 saturated heterocycles. The van der Waals surface area contributed by atoms with Gasteiger partial charge >= 0.3 is 0 Å². The summed E-state index contributed by atoms with van der Waals surface area (Å²) in [6.07, 6.45) is 0. The molecule has 0 unspecified atom stereocenters. The lowest BCUT2D eigenvalue weighted by atomic mass is 10.0. The molecule has 112 heavy (non-hydrogen) atoms. The van der Waals surface area contributed by atoms with Gasteiger partial charge in [-0.1, -0.05) is 273 Å². The summed E-state index contributed by atoms with van der Waals surface area (Å²) in [6.45, 7) is 0. The van der Waals surface area contributed by atoms with Crippen LogP contribution in [0.15, 0.2) is 400 Å². The van der Waals surface area contributed by atoms with E-state index in [1.54, 1.807) is 0 Å². The summed E-state index contributed by atoms with van der Waals surface area (Å²) in [7, 11) is 0. The Morgan fingerprint density at radius 3 is 0.625 bits per heavy atom. The molecule has 0 radical (unpaired) electrons. The fourth-order valence-electron chi connectivity index (χ4n) is 16.3. The Morgan fingerprint density at radius 2 is 0.321 bits per heavy atom. The zero-order valence-corrected chi connectivity index (χ0v) is 60.6. The van der Waals surface area contributed by atoms with Crippen LogP contribution in [0.5, 0.6) is 0 Å². The zero-order chi connectivity index (χ0) is 74.0. The molecule has 0 saturated carbocycles. The molecule has 6 heterocycles. The van der Waals surface area contributed by atoms with Crippen LogP contribution in [0.4, 0.5) is 0 Å². The van der Waals surface area contributed by atoms with E-state index in [4.69, 9.17) is 29.9 Å². The van der Waals surface area contributed by atoms with E-state index in [0.29, 0.717) is 34.9 Å². The van der Waals surface area contributed by atoms with Crippen molar-refractivity contribution in [3.63, 3.8) is 0 Å². The summed E-state index contributed by atoms with van der Waals surface area (Å²) in [6, 6.07) is 141. The van der Waals surface area contributed by atoms with Gasteiger partial charge in [0.15, 0.2) is 34.9 Å². The van der Waals surface area contributed by atoms with Crippen molar-refractivity contribution in [3.8, 4) is 113 Å². The predicted molar refractivity (Wildman–Crippen MR) is 460 cm³/mol. The lowest BCUT2D eigenvalue weighted by Crippen LogP contribution is -2.00. The predicted octanol–water partition coefficient (Wildman–Crippen LogP) is 25.5. The molecular weight excluding hydrogens is 1370 g/mol. The van der Waals surface area contributed by atoms with E-state index in [-0.39, 0.29) is 0 Å². The van der Waals surface area contributed by atoms with Crippen molar-refractivity contribution in [3.05, 3.63) is 400 Å². The fourth-order valence-corrected chi connectivity index (χ4v) is 16.3. The summed E-state index contributed by atoms with van der Waals surface area (Å²) in [4.78, 5) is 29.6. The summed E-state index contributed by atoms with van der Waals surface area (Å²) < 4.78 is 9.48. The van der Waals surface area contributed by atoms with Crippen molar-refractivity contribution in [1.82, 2.24) is 48.2 Å². The third-order valence-electron chi connectivity index (χ3n) is 21.6. The van der Waals surface area contributed by atoms with Crippen LogP contribution in [0, 0.1) is 0 Å². The molecule has 10 heteroatoms. The van der Waals surface area contributed by atoms with E-state index >= 15 is 0 Å². The number of hydrogen-bond acceptors (Lipinski definition) is 6. The quantitative estimate of drug-likeness (QED) is 0.121. The number of para-hydroxylation sites is 6. The molecule has 0 spiro atoms. The first-order valence-corrected chi connectivity index (χ1v) is 37.7. The SMILES string of the molecule is c1ccc(-c2nc(-c3ccccc3)nc(-c3ccc(-n4c5ccccc5c5ccc(-c6ccc7c(c6)c6ccccc6n7-c6ccccc6)cc54)cc3)n2)cc1.c1ccc(-c2nc(-c3ccccc3)nc(-c3ccc(-n4c5ccccc5c5ccc(-c6ccc7c8ccccc8n(-c8ccccc8)c7c6)cc54)cc3)n2)cc1. The Kier molecular flexibility index (Phi) is 16.0. The normalized spacial score (nSPS) is 11.6. The van der Waals surface area contributed by atoms with Crippen molar-refractivity contribution in [2.24, 2.45) is 0 Å². The molecule has 22 rings (SSSR count). The van der Waals surface area contributed by atoms with Gasteiger partial charge in [-0.25, -0.2) is 29.9 Å². The highest BCUT2D eigenvalue weighted by Gasteiger charge is 2.22. The number of benzene rings is 16. The molecule has 0 aliphatic rings. The third kappa shape index (κ3) is 11.5. The largest absolute Gasteiger partial charge is 0.309 e. The second kappa shape index (κ2) is 27.5. The minimum atomic E-state index is 0.636. The van der Waals surface area contributed by atoms with Crippen LogP contribution in [-0.2, 0) is 0 Å². The van der Waals surface area contributed by atoms with Crippen molar-refractivity contribution < 1.29 is 0 Å². The maximum atomic E-state index is 4.97. The van der Waals surface area contributed by atoms with Crippen LogP contribution in [0.3, 0.4) is 0 Å². The number of aromatic nitrogens is 10. The van der Waals surface area contributed by atoms with Gasteiger partial charge in [-0.15, -0.1) is 0 Å². The second-order valence-electron chi connectivity index (χ2n) is 28.2. The molecular formula is C102H66N10. The van der Waals surface area contributed by atoms with Gasteiger partial charge in [-0.05, 0) is 150 Å². The van der Waals surface area contributed by atoms with Gasteiger partial charge in [-0.2, -0.15) is 0 Å². The Labute approximate surface area is 645 Å². The summed E-state index contributed by atoms with van der Waals surface area (Å²) in [5, 5.41) is 9.84. The lowest BCUT2D eigenvalue weighted by molar-refractivity contribution is 1.07. The molecule has 22 aromatic rings. The highest BCUT2D eigenvalue weighted by atomic mass is 15.1. The van der Waals surface area contributed by atoms with Crippen molar-refractivity contribution >= 4 is 87.2 Å². The Hall–Kier alpha value is -15.3. The molecule has 0 atom stereocenters. The Morgan fingerprint density at radius 1 is 0.125 bits per heavy atom. The molecule has 0 amide bonds. The first-order valence-electron chi connectivity index (χ1n) is 37.7. The zero-order valence-electron chi connectivity index (χ0n) is 60.6. The van der Waals surface area contributed by atoms with Crippen LogP contribution in [0.2, 0.25) is 0 Å². The summed E-state index contributed by atoms with van der Waals surface area (Å²) in [5.74, 6) is 3.87. The first kappa shape index (κ1) is 65.1. The standard InChI is InChI=1S/2C51H33N5/c1-4-14-34(15-5-1)49-52-50(35-16-6-2-7-17-35)54-51(53-49)36-24-28-40(29-25-36)56-45-22-12-10-20-41(45)43-30-26-38(33-48(43)56)37-27-31-47-44(32-37)42-21-11-13-23-46(42)55(47)39-18-8-3-9-19-39;1-4-14-34(15-5-1)49-52-50(35-16-6-2-7-17-35)54-51(53-49)36-24-28-40(29-25-36)56-46-23-13-11-21-42(46)44-31-27-38(33-48(44)56)37-26-30-43-41-20-10-12-22-45(41)55(47(43)32-37)39-18-8-3-9-19-39/h2*1-33H. The van der Waals surface area contributed by atoms with Gasteiger partial charge in [0.05, 0.1) is 44.1 Å². The maximum absolute atomic E-state index is 4.97. The number of hydrogen-bond donors (Lipinski definition) is 0. The molecule has 10 nitrogen and oxygen atoms in total. The molecule has 0 fully saturated rings. The molecule has 0 aliphatic carbocycles. The molecule has 6 aromatic heterocycles. The molecule has 0 N–H and O–H groups in total. The van der Waals surface area contributed by atoms with Crippen molar-refractivity contribution in [1.29, 1.82) is 0 Å². The topological polar surface area (TPSA) is 97.1 Å². The van der Waals surface area contributed by atoms with E-state index < -0.39 is 0 Å². The number of fused-ring (bicyclic) bond motifs is 12. The van der Waals surface area contributed by atoms with Gasteiger partial charge in [0.2, 0.25) is 0 Å². The fraction of sp³-hybridized carbons (Fsp3) is 0. The highest BCUT2D eigenvalue weighted by molar-refractivity contribution is 6.14. The van der Waals surface area contributed by atoms with E-state index in [2.05, 4.69) is 297 Å². The van der Waals surface area contributed by atoms with E-state index in [0.717, 1.165) is 83.8 Å². The van der Waals surface area contributed by atoms with E-state index in [1.807, 2.05) is 121 Å². The van der Waals surface area contributed by atoms with Gasteiger partial charge in [0, 0.05) is 99.2 Å². The average molecular weight is 1430 g/mol. The van der Waals surface area contributed by atoms with Crippen LogP contribution in [0.25, 0.3) is 201 Å². The summed E-state index contributed by atoms with van der Waals surface area (Å²) in [5.41, 5.74) is 24.2. The monoisotopic (exact) mass is 1430 g/mol. The smallest absolute Gasteiger partial charge is 0.164 e. The van der Waals surface area contributed by atoms with Crippen molar-refractivity contribution in [2.45, 2.75) is 0 Å². The van der Waals surface area contributed by atoms with Crippen molar-refractivity contribution in [2.75, 3.05) is 0 Å². The summed E-state index contributed by atoms with van der Waals surface area (Å²) >= 11 is 0. The van der Waals surface area contributed by atoms with E-state index in [1.165, 1.54) is 81.8 Å². The van der Waals surface area contributed by atoms with Gasteiger partial charge in [0.25, 0.3) is 0 Å². The maximum Gasteiger partial charge on any atom is 0.164 e. The van der Waals surface area contributed by atoms with Gasteiger partial charge in [-0.3, -0.25) is 0 Å². The number of nitrogens with zero attached hydrogens (tertiary/aromatic N) is 10. The van der Waals surface area contributed by atoms with Crippen LogP contribution in [-0.4, -0.2) is 48.2 Å². The van der Waals surface area contributed by atoms with Gasteiger partial charge < -0.3 is 18.3 Å². The van der Waals surface area contributed by atoms with Crippen LogP contribution in [0.1, 0.15) is 0 Å². The highest BCUT2D eigenvalue weighted by Crippen LogP contribution is 2.42. The average Bonchev–Trinajstić information content (AvgIpc) is 1.58. The molecule has 16 aromatic carbocycles. The van der Waals surface area contributed by atoms with Gasteiger partial charge in [0.1, 0.15) is 0 Å². The van der Waals surface area contributed by atoms with E-state index in [9.17, 15) is 0 Å². The third-order valence-corrected chi connectivity index (χ3v) is 21.6. The minimum Gasteiger partial charge on any atom is -0.309 e. The van der Waals surface area contributed by atoms with Crippen LogP contribution < -0.4 is 0 Å². The molecule has 0 aliphatic heterocycles. The van der Waals surface area contributed by atoms with Crippen LogP contribution >= 0.6 is 0 Å². The Balaban J connectivity index is 0.000000141. The number of rotatable bonds is 12. The molecule has 524 valence electrons. The minimum absolute atomic E-state index is 0.636.